The van der Waals surface area contributed by atoms with Gasteiger partial charge in [-0.15, -0.1) is 0 Å². The average molecular weight is 368 g/mol. The molecule has 4 nitrogen and oxygen atoms in total. The molecule has 0 fully saturated rings. The van der Waals surface area contributed by atoms with Crippen molar-refractivity contribution in [2.75, 3.05) is 13.7 Å². The second-order valence-corrected chi connectivity index (χ2v) is 5.01. The maximum absolute atomic E-state index is 13.8. The van der Waals surface area contributed by atoms with Gasteiger partial charge in [0.15, 0.2) is 11.6 Å². The van der Waals surface area contributed by atoms with Crippen molar-refractivity contribution in [3.05, 3.63) is 35.4 Å². The molecule has 0 saturated carbocycles. The molecule has 0 aromatic heterocycles. The number of alkyl halides is 3. The molecule has 0 radical (unpaired) electrons. The van der Waals surface area contributed by atoms with Gasteiger partial charge >= 0.3 is 12.1 Å². The fourth-order valence-corrected chi connectivity index (χ4v) is 2.15. The van der Waals surface area contributed by atoms with E-state index in [0.29, 0.717) is 6.07 Å². The molecular formula is C16H17F5O4. The number of aliphatic hydroxyl groups is 1. The van der Waals surface area contributed by atoms with Crippen LogP contribution in [-0.2, 0) is 9.53 Å². The maximum atomic E-state index is 13.8. The second kappa shape index (κ2) is 7.81. The van der Waals surface area contributed by atoms with Crippen molar-refractivity contribution >= 4 is 11.5 Å². The standard InChI is InChI=1S/C16H17F5O4/c1-4-9(10-6-7-11(17)12(18)13(10)24-3)8-15(23,16(19,20)21)14(22)25-5-2/h4,6-7,23H,5,8H2,1-3H3. The summed E-state index contributed by atoms with van der Waals surface area (Å²) in [6, 6.07) is 1.70. The third-order valence-corrected chi connectivity index (χ3v) is 3.48. The minimum absolute atomic E-state index is 0.226. The van der Waals surface area contributed by atoms with Crippen LogP contribution in [0.3, 0.4) is 0 Å². The summed E-state index contributed by atoms with van der Waals surface area (Å²) in [6.45, 7) is 2.22. The number of rotatable bonds is 6. The smallest absolute Gasteiger partial charge is 0.428 e. The van der Waals surface area contributed by atoms with Gasteiger partial charge in [0.25, 0.3) is 5.60 Å². The lowest BCUT2D eigenvalue weighted by Gasteiger charge is -2.29. The van der Waals surface area contributed by atoms with E-state index in [2.05, 4.69) is 4.74 Å². The molecule has 140 valence electrons. The van der Waals surface area contributed by atoms with Gasteiger partial charge in [-0.1, -0.05) is 6.08 Å². The number of methoxy groups -OCH3 is 1. The van der Waals surface area contributed by atoms with Gasteiger partial charge in [-0.3, -0.25) is 0 Å². The minimum Gasteiger partial charge on any atom is -0.493 e. The third kappa shape index (κ3) is 4.09. The Kier molecular flexibility index (Phi) is 6.53. The van der Waals surface area contributed by atoms with Gasteiger partial charge in [0.05, 0.1) is 13.7 Å². The van der Waals surface area contributed by atoms with Gasteiger partial charge in [0, 0.05) is 12.0 Å². The van der Waals surface area contributed by atoms with E-state index in [4.69, 9.17) is 4.74 Å². The summed E-state index contributed by atoms with van der Waals surface area (Å²) >= 11 is 0. The molecule has 1 aromatic carbocycles. The van der Waals surface area contributed by atoms with E-state index >= 15 is 0 Å². The van der Waals surface area contributed by atoms with Crippen LogP contribution in [-0.4, -0.2) is 36.6 Å². The number of carbonyl (C=O) groups excluding carboxylic acids is 1. The molecule has 0 amide bonds. The topological polar surface area (TPSA) is 55.8 Å². The SMILES string of the molecule is CC=C(CC(O)(C(=O)OCC)C(F)(F)F)c1ccc(F)c(F)c1OC. The molecule has 0 saturated heterocycles. The summed E-state index contributed by atoms with van der Waals surface area (Å²) in [5.74, 6) is -5.18. The number of allylic oxidation sites excluding steroid dienone is 1. The Morgan fingerprint density at radius 3 is 2.32 bits per heavy atom. The predicted molar refractivity (Wildman–Crippen MR) is 78.8 cm³/mol. The molecule has 25 heavy (non-hydrogen) atoms. The lowest BCUT2D eigenvalue weighted by atomic mass is 9.89. The first-order valence-corrected chi connectivity index (χ1v) is 7.17. The van der Waals surface area contributed by atoms with Crippen molar-refractivity contribution in [3.8, 4) is 5.75 Å². The largest absolute Gasteiger partial charge is 0.493 e. The highest BCUT2D eigenvalue weighted by molar-refractivity contribution is 5.84. The highest BCUT2D eigenvalue weighted by atomic mass is 19.4. The normalized spacial score (nSPS) is 14.8. The maximum Gasteiger partial charge on any atom is 0.428 e. The van der Waals surface area contributed by atoms with Gasteiger partial charge in [-0.25, -0.2) is 9.18 Å². The Morgan fingerprint density at radius 1 is 1.28 bits per heavy atom. The Morgan fingerprint density at radius 2 is 1.88 bits per heavy atom. The van der Waals surface area contributed by atoms with Gasteiger partial charge < -0.3 is 14.6 Å². The Balaban J connectivity index is 3.42. The monoisotopic (exact) mass is 368 g/mol. The summed E-state index contributed by atoms with van der Waals surface area (Å²) in [7, 11) is 1.01. The number of hydrogen-bond donors (Lipinski definition) is 1. The molecule has 9 heteroatoms. The first kappa shape index (κ1) is 20.9. The Bertz CT molecular complexity index is 669. The van der Waals surface area contributed by atoms with E-state index in [-0.39, 0.29) is 17.7 Å². The van der Waals surface area contributed by atoms with Crippen molar-refractivity contribution < 1.29 is 41.3 Å². The summed E-state index contributed by atoms with van der Waals surface area (Å²) in [5, 5.41) is 9.95. The molecule has 0 heterocycles. The molecule has 1 unspecified atom stereocenters. The van der Waals surface area contributed by atoms with Crippen molar-refractivity contribution in [3.63, 3.8) is 0 Å². The number of ether oxygens (including phenoxy) is 2. The molecule has 0 aliphatic heterocycles. The number of hydrogen-bond acceptors (Lipinski definition) is 4. The van der Waals surface area contributed by atoms with Crippen LogP contribution in [0.25, 0.3) is 5.57 Å². The van der Waals surface area contributed by atoms with E-state index < -0.39 is 41.6 Å². The Labute approximate surface area is 140 Å². The summed E-state index contributed by atoms with van der Waals surface area (Å²) in [5.41, 5.74) is -4.35. The molecule has 1 atom stereocenters. The number of halogens is 5. The van der Waals surface area contributed by atoms with Crippen LogP contribution in [0.15, 0.2) is 18.2 Å². The van der Waals surface area contributed by atoms with Crippen LogP contribution in [0.2, 0.25) is 0 Å². The highest BCUT2D eigenvalue weighted by Crippen LogP contribution is 2.41. The zero-order chi connectivity index (χ0) is 19.4. The van der Waals surface area contributed by atoms with Gasteiger partial charge in [-0.2, -0.15) is 17.6 Å². The minimum atomic E-state index is -5.35. The first-order chi connectivity index (χ1) is 11.5. The second-order valence-electron chi connectivity index (χ2n) is 5.01. The van der Waals surface area contributed by atoms with E-state index in [1.807, 2.05) is 0 Å². The predicted octanol–water partition coefficient (Wildman–Crippen LogP) is 3.62. The van der Waals surface area contributed by atoms with E-state index in [9.17, 15) is 31.9 Å². The lowest BCUT2D eigenvalue weighted by Crippen LogP contribution is -2.53. The average Bonchev–Trinajstić information content (AvgIpc) is 2.54. The van der Waals surface area contributed by atoms with Crippen LogP contribution in [0.4, 0.5) is 22.0 Å². The number of carbonyl (C=O) groups is 1. The summed E-state index contributed by atoms with van der Waals surface area (Å²) in [4.78, 5) is 11.7. The molecule has 1 N–H and O–H groups in total. The van der Waals surface area contributed by atoms with Crippen LogP contribution in [0.5, 0.6) is 5.75 Å². The van der Waals surface area contributed by atoms with Crippen LogP contribution in [0, 0.1) is 11.6 Å². The van der Waals surface area contributed by atoms with Crippen molar-refractivity contribution in [1.29, 1.82) is 0 Å². The number of benzene rings is 1. The van der Waals surface area contributed by atoms with Gasteiger partial charge in [-0.05, 0) is 31.6 Å². The summed E-state index contributed by atoms with van der Waals surface area (Å²) < 4.78 is 75.9. The molecule has 1 rings (SSSR count). The Hall–Kier alpha value is -2.16. The highest BCUT2D eigenvalue weighted by Gasteiger charge is 2.61. The fourth-order valence-electron chi connectivity index (χ4n) is 2.15. The van der Waals surface area contributed by atoms with E-state index in [1.165, 1.54) is 13.8 Å². The van der Waals surface area contributed by atoms with Crippen molar-refractivity contribution in [2.45, 2.75) is 32.0 Å². The molecular weight excluding hydrogens is 351 g/mol. The zero-order valence-electron chi connectivity index (χ0n) is 13.7. The van der Waals surface area contributed by atoms with Gasteiger partial charge in [0.1, 0.15) is 0 Å². The van der Waals surface area contributed by atoms with Gasteiger partial charge in [0.2, 0.25) is 5.82 Å². The number of esters is 1. The zero-order valence-corrected chi connectivity index (χ0v) is 13.7. The van der Waals surface area contributed by atoms with E-state index in [0.717, 1.165) is 19.3 Å². The molecule has 0 aliphatic rings. The fraction of sp³-hybridized carbons (Fsp3) is 0.438. The first-order valence-electron chi connectivity index (χ1n) is 7.17. The third-order valence-electron chi connectivity index (χ3n) is 3.48. The van der Waals surface area contributed by atoms with E-state index in [1.54, 1.807) is 0 Å². The van der Waals surface area contributed by atoms with Crippen LogP contribution >= 0.6 is 0 Å². The van der Waals surface area contributed by atoms with Crippen LogP contribution < -0.4 is 4.74 Å². The van der Waals surface area contributed by atoms with Crippen molar-refractivity contribution in [1.82, 2.24) is 0 Å². The van der Waals surface area contributed by atoms with Crippen molar-refractivity contribution in [2.24, 2.45) is 0 Å². The molecule has 0 aliphatic carbocycles. The summed E-state index contributed by atoms with van der Waals surface area (Å²) in [6.07, 6.45) is -5.47. The lowest BCUT2D eigenvalue weighted by molar-refractivity contribution is -0.260. The molecule has 0 bridgehead atoms. The van der Waals surface area contributed by atoms with Crippen LogP contribution in [0.1, 0.15) is 25.8 Å². The molecule has 0 spiro atoms. The molecule has 1 aromatic rings. The quantitative estimate of drug-likeness (QED) is 0.616.